The number of aliphatic hydroxyl groups excluding tert-OH is 1. The summed E-state index contributed by atoms with van der Waals surface area (Å²) in [7, 11) is -3.57. The van der Waals surface area contributed by atoms with Crippen LogP contribution in [0.15, 0.2) is 29.2 Å². The summed E-state index contributed by atoms with van der Waals surface area (Å²) >= 11 is 0. The first kappa shape index (κ1) is 18.1. The highest BCUT2D eigenvalue weighted by Gasteiger charge is 2.26. The molecule has 0 aliphatic carbocycles. The maximum atomic E-state index is 12.7. The van der Waals surface area contributed by atoms with E-state index in [2.05, 4.69) is 0 Å². The number of nitrogens with zero attached hydrogens (tertiary/aromatic N) is 1. The zero-order chi connectivity index (χ0) is 16.0. The molecule has 0 spiro atoms. The first-order valence-electron chi connectivity index (χ1n) is 7.32. The lowest BCUT2D eigenvalue weighted by molar-refractivity contribution is 0.258. The molecule has 0 fully saturated rings. The normalized spacial score (nSPS) is 13.9. The fraction of sp³-hybridized carbons (Fsp3) is 0.600. The number of benzene rings is 1. The van der Waals surface area contributed by atoms with E-state index in [0.29, 0.717) is 13.0 Å². The smallest absolute Gasteiger partial charge is 0.243 e. The molecule has 1 rings (SSSR count). The van der Waals surface area contributed by atoms with E-state index in [-0.39, 0.29) is 23.6 Å². The first-order chi connectivity index (χ1) is 9.84. The van der Waals surface area contributed by atoms with Crippen molar-refractivity contribution < 1.29 is 13.5 Å². The summed E-state index contributed by atoms with van der Waals surface area (Å²) in [6.07, 6.45) is 1.17. The Morgan fingerprint density at radius 2 is 2.00 bits per heavy atom. The van der Waals surface area contributed by atoms with E-state index in [1.165, 1.54) is 4.31 Å². The molecule has 0 heterocycles. The van der Waals surface area contributed by atoms with Gasteiger partial charge in [0.15, 0.2) is 0 Å². The molecular weight excluding hydrogens is 288 g/mol. The van der Waals surface area contributed by atoms with Gasteiger partial charge in [-0.05, 0) is 44.4 Å². The number of sulfonamides is 1. The number of hydrogen-bond acceptors (Lipinski definition) is 4. The van der Waals surface area contributed by atoms with Crippen LogP contribution in [0, 0.1) is 0 Å². The van der Waals surface area contributed by atoms with E-state index >= 15 is 0 Å². The quantitative estimate of drug-likeness (QED) is 0.767. The van der Waals surface area contributed by atoms with Gasteiger partial charge < -0.3 is 10.8 Å². The molecule has 0 aliphatic rings. The summed E-state index contributed by atoms with van der Waals surface area (Å²) in [5.74, 6) is 0. The summed E-state index contributed by atoms with van der Waals surface area (Å²) in [5.41, 5.74) is 6.80. The molecule has 0 aliphatic heterocycles. The molecule has 21 heavy (non-hydrogen) atoms. The standard InChI is InChI=1S/C15H26N2O3S/c1-4-15(16)13-7-5-8-14(11-13)21(19,20)17(12(2)3)9-6-10-18/h5,7-8,11-12,15,18H,4,6,9-10,16H2,1-3H3. The van der Waals surface area contributed by atoms with Crippen LogP contribution in [-0.2, 0) is 10.0 Å². The van der Waals surface area contributed by atoms with Gasteiger partial charge in [0.2, 0.25) is 10.0 Å². The molecule has 120 valence electrons. The van der Waals surface area contributed by atoms with Crippen molar-refractivity contribution in [1.82, 2.24) is 4.31 Å². The van der Waals surface area contributed by atoms with Crippen molar-refractivity contribution in [1.29, 1.82) is 0 Å². The molecule has 1 aromatic carbocycles. The Bertz CT molecular complexity index is 544. The average Bonchev–Trinajstić information content (AvgIpc) is 2.46. The zero-order valence-corrected chi connectivity index (χ0v) is 13.8. The summed E-state index contributed by atoms with van der Waals surface area (Å²) < 4.78 is 26.9. The van der Waals surface area contributed by atoms with E-state index in [1.54, 1.807) is 18.2 Å². The largest absolute Gasteiger partial charge is 0.396 e. The minimum atomic E-state index is -3.57. The second kappa shape index (κ2) is 7.89. The minimum absolute atomic E-state index is 0.0283. The molecule has 3 N–H and O–H groups in total. The van der Waals surface area contributed by atoms with Gasteiger partial charge in [-0.25, -0.2) is 8.42 Å². The average molecular weight is 314 g/mol. The van der Waals surface area contributed by atoms with Gasteiger partial charge in [0.25, 0.3) is 0 Å². The predicted octanol–water partition coefficient (Wildman–Crippen LogP) is 1.88. The fourth-order valence-electron chi connectivity index (χ4n) is 2.16. The molecule has 6 heteroatoms. The monoisotopic (exact) mass is 314 g/mol. The number of nitrogens with two attached hydrogens (primary N) is 1. The summed E-state index contributed by atoms with van der Waals surface area (Å²) in [4.78, 5) is 0.260. The topological polar surface area (TPSA) is 83.6 Å². The molecule has 0 saturated heterocycles. The Morgan fingerprint density at radius 1 is 1.33 bits per heavy atom. The molecule has 0 bridgehead atoms. The second-order valence-corrected chi connectivity index (χ2v) is 7.26. The SMILES string of the molecule is CCC(N)c1cccc(S(=O)(=O)N(CCCO)C(C)C)c1. The Labute approximate surface area is 127 Å². The third-order valence-electron chi connectivity index (χ3n) is 3.45. The lowest BCUT2D eigenvalue weighted by Crippen LogP contribution is -2.38. The highest BCUT2D eigenvalue weighted by atomic mass is 32.2. The van der Waals surface area contributed by atoms with Gasteiger partial charge in [-0.15, -0.1) is 0 Å². The maximum absolute atomic E-state index is 12.7. The van der Waals surface area contributed by atoms with Crippen LogP contribution in [0.4, 0.5) is 0 Å². The van der Waals surface area contributed by atoms with Gasteiger partial charge in [0.05, 0.1) is 4.90 Å². The Balaban J connectivity index is 3.15. The number of aliphatic hydroxyl groups is 1. The van der Waals surface area contributed by atoms with Crippen molar-refractivity contribution in [3.63, 3.8) is 0 Å². The van der Waals surface area contributed by atoms with Crippen molar-refractivity contribution in [2.75, 3.05) is 13.2 Å². The Hall–Kier alpha value is -0.950. The van der Waals surface area contributed by atoms with E-state index < -0.39 is 10.0 Å². The third-order valence-corrected chi connectivity index (χ3v) is 5.52. The van der Waals surface area contributed by atoms with Gasteiger partial charge in [0, 0.05) is 25.2 Å². The molecule has 5 nitrogen and oxygen atoms in total. The third kappa shape index (κ3) is 4.51. The van der Waals surface area contributed by atoms with Gasteiger partial charge in [-0.3, -0.25) is 0 Å². The predicted molar refractivity (Wildman–Crippen MR) is 84.4 cm³/mol. The molecule has 0 saturated carbocycles. The van der Waals surface area contributed by atoms with Crippen LogP contribution in [0.2, 0.25) is 0 Å². The van der Waals surface area contributed by atoms with E-state index in [1.807, 2.05) is 26.8 Å². The van der Waals surface area contributed by atoms with Gasteiger partial charge in [-0.2, -0.15) is 4.31 Å². The highest BCUT2D eigenvalue weighted by Crippen LogP contribution is 2.22. The van der Waals surface area contributed by atoms with Crippen LogP contribution in [0.1, 0.15) is 45.2 Å². The lowest BCUT2D eigenvalue weighted by atomic mass is 10.1. The van der Waals surface area contributed by atoms with Crippen LogP contribution >= 0.6 is 0 Å². The lowest BCUT2D eigenvalue weighted by Gasteiger charge is -2.26. The van der Waals surface area contributed by atoms with Crippen molar-refractivity contribution in [3.05, 3.63) is 29.8 Å². The van der Waals surface area contributed by atoms with Crippen molar-refractivity contribution in [3.8, 4) is 0 Å². The maximum Gasteiger partial charge on any atom is 0.243 e. The molecule has 1 atom stereocenters. The molecule has 1 aromatic rings. The summed E-state index contributed by atoms with van der Waals surface area (Å²) in [5, 5.41) is 8.94. The molecule has 0 aromatic heterocycles. The Kier molecular flexibility index (Phi) is 6.80. The highest BCUT2D eigenvalue weighted by molar-refractivity contribution is 7.89. The van der Waals surface area contributed by atoms with E-state index in [0.717, 1.165) is 12.0 Å². The molecular formula is C15H26N2O3S. The van der Waals surface area contributed by atoms with Crippen LogP contribution in [0.5, 0.6) is 0 Å². The number of rotatable bonds is 8. The van der Waals surface area contributed by atoms with Crippen molar-refractivity contribution in [2.24, 2.45) is 5.73 Å². The zero-order valence-electron chi connectivity index (χ0n) is 13.0. The van der Waals surface area contributed by atoms with Crippen LogP contribution in [0.25, 0.3) is 0 Å². The van der Waals surface area contributed by atoms with E-state index in [4.69, 9.17) is 10.8 Å². The second-order valence-electron chi connectivity index (χ2n) is 5.37. The fourth-order valence-corrected chi connectivity index (χ4v) is 3.89. The molecule has 0 amide bonds. The van der Waals surface area contributed by atoms with Gasteiger partial charge in [0.1, 0.15) is 0 Å². The van der Waals surface area contributed by atoms with Crippen LogP contribution in [0.3, 0.4) is 0 Å². The van der Waals surface area contributed by atoms with Crippen molar-refractivity contribution >= 4 is 10.0 Å². The van der Waals surface area contributed by atoms with Crippen molar-refractivity contribution in [2.45, 2.75) is 50.6 Å². The Morgan fingerprint density at radius 3 is 2.52 bits per heavy atom. The summed E-state index contributed by atoms with van der Waals surface area (Å²) in [6.45, 7) is 5.90. The minimum Gasteiger partial charge on any atom is -0.396 e. The molecule has 1 unspecified atom stereocenters. The van der Waals surface area contributed by atoms with Gasteiger partial charge in [-0.1, -0.05) is 19.1 Å². The first-order valence-corrected chi connectivity index (χ1v) is 8.76. The van der Waals surface area contributed by atoms with Crippen LogP contribution in [-0.4, -0.2) is 37.0 Å². The van der Waals surface area contributed by atoms with Gasteiger partial charge >= 0.3 is 0 Å². The van der Waals surface area contributed by atoms with E-state index in [9.17, 15) is 8.42 Å². The van der Waals surface area contributed by atoms with Crippen LogP contribution < -0.4 is 5.73 Å². The molecule has 0 radical (unpaired) electrons. The summed E-state index contributed by atoms with van der Waals surface area (Å²) in [6, 6.07) is 6.49. The number of hydrogen-bond donors (Lipinski definition) is 2.